The molecule has 0 radical (unpaired) electrons. The molecule has 3 heteroatoms. The van der Waals surface area contributed by atoms with Gasteiger partial charge in [-0.15, -0.1) is 0 Å². The van der Waals surface area contributed by atoms with Gasteiger partial charge in [-0.2, -0.15) is 0 Å². The predicted molar refractivity (Wildman–Crippen MR) is 36.3 cm³/mol. The zero-order chi connectivity index (χ0) is 5.54. The van der Waals surface area contributed by atoms with E-state index in [0.29, 0.717) is 0 Å². The van der Waals surface area contributed by atoms with E-state index < -0.39 is 0 Å². The molecule has 2 nitrogen and oxygen atoms in total. The lowest BCUT2D eigenvalue weighted by atomic mass is 10.4. The minimum atomic E-state index is 1.07. The molecule has 2 N–H and O–H groups in total. The van der Waals surface area contributed by atoms with Crippen LogP contribution in [0.4, 0.5) is 0 Å². The molecule has 0 aliphatic rings. The standard InChI is InChI=1S/C4H13N2P/c1-5-3-2-4-6-7/h5-6H,2-4,7H2,1H3. The predicted octanol–water partition coefficient (Wildman–Crippen LogP) is -0.0244. The quantitative estimate of drug-likeness (QED) is 0.402. The van der Waals surface area contributed by atoms with Crippen molar-refractivity contribution in [1.29, 1.82) is 0 Å². The van der Waals surface area contributed by atoms with Gasteiger partial charge in [-0.25, -0.2) is 0 Å². The summed E-state index contributed by atoms with van der Waals surface area (Å²) in [5, 5.41) is 6.03. The van der Waals surface area contributed by atoms with Crippen molar-refractivity contribution in [3.63, 3.8) is 0 Å². The first-order chi connectivity index (χ1) is 3.41. The van der Waals surface area contributed by atoms with Crippen LogP contribution in [0, 0.1) is 0 Å². The third kappa shape index (κ3) is 6.35. The Kier molecular flexibility index (Phi) is 6.67. The summed E-state index contributed by atoms with van der Waals surface area (Å²) in [4.78, 5) is 0. The molecule has 0 aromatic carbocycles. The van der Waals surface area contributed by atoms with Crippen LogP contribution >= 0.6 is 9.39 Å². The van der Waals surface area contributed by atoms with E-state index in [-0.39, 0.29) is 0 Å². The fraction of sp³-hybridized carbons (Fsp3) is 1.00. The summed E-state index contributed by atoms with van der Waals surface area (Å²) in [7, 11) is 4.43. The average Bonchev–Trinajstić information content (AvgIpc) is 1.69. The van der Waals surface area contributed by atoms with Crippen molar-refractivity contribution in [1.82, 2.24) is 10.4 Å². The van der Waals surface area contributed by atoms with Gasteiger partial charge >= 0.3 is 0 Å². The van der Waals surface area contributed by atoms with Crippen LogP contribution in [-0.4, -0.2) is 20.1 Å². The molecule has 0 saturated carbocycles. The Morgan fingerprint density at radius 2 is 2.14 bits per heavy atom. The lowest BCUT2D eigenvalue weighted by Crippen LogP contribution is -2.12. The molecule has 44 valence electrons. The second kappa shape index (κ2) is 6.35. The number of rotatable bonds is 4. The molecule has 0 amide bonds. The van der Waals surface area contributed by atoms with Crippen LogP contribution in [0.5, 0.6) is 0 Å². The van der Waals surface area contributed by atoms with Gasteiger partial charge in [0.15, 0.2) is 0 Å². The van der Waals surface area contributed by atoms with Crippen molar-refractivity contribution in [2.24, 2.45) is 0 Å². The first kappa shape index (κ1) is 7.35. The van der Waals surface area contributed by atoms with E-state index in [4.69, 9.17) is 0 Å². The Bertz CT molecular complexity index is 28.9. The van der Waals surface area contributed by atoms with E-state index in [2.05, 4.69) is 19.8 Å². The van der Waals surface area contributed by atoms with E-state index >= 15 is 0 Å². The zero-order valence-electron chi connectivity index (χ0n) is 4.70. The second-order valence-corrected chi connectivity index (χ2v) is 1.82. The Labute approximate surface area is 47.3 Å². The van der Waals surface area contributed by atoms with E-state index in [1.807, 2.05) is 7.05 Å². The molecule has 7 heavy (non-hydrogen) atoms. The third-order valence-electron chi connectivity index (χ3n) is 0.748. The van der Waals surface area contributed by atoms with Crippen molar-refractivity contribution in [2.75, 3.05) is 20.1 Å². The molecule has 0 heterocycles. The van der Waals surface area contributed by atoms with Crippen LogP contribution < -0.4 is 10.4 Å². The number of nitrogens with one attached hydrogen (secondary N) is 2. The SMILES string of the molecule is CNCCCNP. The third-order valence-corrected chi connectivity index (χ3v) is 1.04. The van der Waals surface area contributed by atoms with E-state index in [9.17, 15) is 0 Å². The number of hydrogen-bond donors (Lipinski definition) is 2. The molecule has 0 fully saturated rings. The molecule has 0 bridgehead atoms. The smallest absolute Gasteiger partial charge is 0.000235 e. The van der Waals surface area contributed by atoms with E-state index in [1.165, 1.54) is 6.42 Å². The maximum atomic E-state index is 3.05. The Morgan fingerprint density at radius 3 is 2.57 bits per heavy atom. The highest BCUT2D eigenvalue weighted by Crippen LogP contribution is 1.73. The Balaban J connectivity index is 2.45. The second-order valence-electron chi connectivity index (χ2n) is 1.41. The molecule has 0 aliphatic heterocycles. The summed E-state index contributed by atoms with van der Waals surface area (Å²) >= 11 is 0. The van der Waals surface area contributed by atoms with E-state index in [1.54, 1.807) is 0 Å². The molecule has 1 atom stereocenters. The minimum absolute atomic E-state index is 1.07. The highest BCUT2D eigenvalue weighted by atomic mass is 31.0. The largest absolute Gasteiger partial charge is 0.320 e. The Morgan fingerprint density at radius 1 is 1.43 bits per heavy atom. The topological polar surface area (TPSA) is 24.1 Å². The number of hydrogen-bond acceptors (Lipinski definition) is 2. The van der Waals surface area contributed by atoms with Gasteiger partial charge in [0.05, 0.1) is 0 Å². The highest BCUT2D eigenvalue weighted by Gasteiger charge is 1.77. The van der Waals surface area contributed by atoms with Gasteiger partial charge in [-0.05, 0) is 26.6 Å². The van der Waals surface area contributed by atoms with Gasteiger partial charge in [-0.3, -0.25) is 0 Å². The lowest BCUT2D eigenvalue weighted by Gasteiger charge is -1.94. The molecule has 0 spiro atoms. The monoisotopic (exact) mass is 120 g/mol. The molecular weight excluding hydrogens is 107 g/mol. The fourth-order valence-corrected chi connectivity index (χ4v) is 0.571. The maximum Gasteiger partial charge on any atom is -0.000235 e. The van der Waals surface area contributed by atoms with Crippen molar-refractivity contribution in [3.8, 4) is 0 Å². The Hall–Kier alpha value is 0.350. The molecular formula is C4H13N2P. The summed E-state index contributed by atoms with van der Waals surface area (Å²) in [5.74, 6) is 0. The fourth-order valence-electron chi connectivity index (χ4n) is 0.367. The van der Waals surface area contributed by atoms with Crippen LogP contribution in [-0.2, 0) is 0 Å². The molecule has 0 aromatic heterocycles. The lowest BCUT2D eigenvalue weighted by molar-refractivity contribution is 0.716. The molecule has 0 rings (SSSR count). The van der Waals surface area contributed by atoms with Crippen molar-refractivity contribution in [2.45, 2.75) is 6.42 Å². The normalized spacial score (nSPS) is 9.43. The van der Waals surface area contributed by atoms with Gasteiger partial charge in [0.2, 0.25) is 0 Å². The van der Waals surface area contributed by atoms with Gasteiger partial charge < -0.3 is 10.4 Å². The first-order valence-corrected chi connectivity index (χ1v) is 3.07. The minimum Gasteiger partial charge on any atom is -0.320 e. The van der Waals surface area contributed by atoms with Crippen LogP contribution in [0.15, 0.2) is 0 Å². The van der Waals surface area contributed by atoms with Gasteiger partial charge in [0.25, 0.3) is 0 Å². The highest BCUT2D eigenvalue weighted by molar-refractivity contribution is 7.13. The maximum absolute atomic E-state index is 3.05. The molecule has 0 aromatic rings. The van der Waals surface area contributed by atoms with Crippen LogP contribution in [0.3, 0.4) is 0 Å². The van der Waals surface area contributed by atoms with Crippen LogP contribution in [0.1, 0.15) is 6.42 Å². The molecule has 1 unspecified atom stereocenters. The van der Waals surface area contributed by atoms with Crippen molar-refractivity contribution >= 4 is 9.39 Å². The van der Waals surface area contributed by atoms with Crippen molar-refractivity contribution in [3.05, 3.63) is 0 Å². The molecule has 0 saturated heterocycles. The van der Waals surface area contributed by atoms with Gasteiger partial charge in [0.1, 0.15) is 0 Å². The summed E-state index contributed by atoms with van der Waals surface area (Å²) in [5.41, 5.74) is 0. The summed E-state index contributed by atoms with van der Waals surface area (Å²) in [6.45, 7) is 2.17. The zero-order valence-corrected chi connectivity index (χ0v) is 5.85. The van der Waals surface area contributed by atoms with Crippen molar-refractivity contribution < 1.29 is 0 Å². The van der Waals surface area contributed by atoms with Gasteiger partial charge in [0, 0.05) is 0 Å². The summed E-state index contributed by atoms with van der Waals surface area (Å²) in [6.07, 6.45) is 1.19. The first-order valence-electron chi connectivity index (χ1n) is 2.50. The summed E-state index contributed by atoms with van der Waals surface area (Å²) in [6, 6.07) is 0. The molecule has 0 aliphatic carbocycles. The summed E-state index contributed by atoms with van der Waals surface area (Å²) < 4.78 is 0. The van der Waals surface area contributed by atoms with Gasteiger partial charge in [-0.1, -0.05) is 9.39 Å². The average molecular weight is 120 g/mol. The van der Waals surface area contributed by atoms with Crippen LogP contribution in [0.2, 0.25) is 0 Å². The van der Waals surface area contributed by atoms with Crippen LogP contribution in [0.25, 0.3) is 0 Å². The van der Waals surface area contributed by atoms with E-state index in [0.717, 1.165) is 13.1 Å².